The number of benzene rings is 1. The maximum atomic E-state index is 11.6. The first-order chi connectivity index (χ1) is 7.27. The highest BCUT2D eigenvalue weighted by molar-refractivity contribution is 5.94. The Morgan fingerprint density at radius 1 is 1.53 bits per heavy atom. The molecule has 1 radical (unpaired) electrons. The monoisotopic (exact) mass is 208 g/mol. The van der Waals surface area contributed by atoms with Crippen LogP contribution in [-0.2, 0) is 4.74 Å². The Morgan fingerprint density at radius 2 is 2.33 bits per heavy atom. The zero-order chi connectivity index (χ0) is 11.1. The summed E-state index contributed by atoms with van der Waals surface area (Å²) in [5, 5.41) is 2.72. The number of rotatable bonds is 5. The molecule has 4 heteroatoms. The van der Waals surface area contributed by atoms with Crippen molar-refractivity contribution in [1.82, 2.24) is 5.32 Å². The lowest BCUT2D eigenvalue weighted by Gasteiger charge is -2.05. The summed E-state index contributed by atoms with van der Waals surface area (Å²) in [6.07, 6.45) is 0. The fraction of sp³-hybridized carbons (Fsp3) is 0.364. The van der Waals surface area contributed by atoms with Crippen LogP contribution in [0.4, 0.5) is 0 Å². The maximum Gasteiger partial charge on any atom is 0.251 e. The SMILES string of the molecule is COCCNC(=O)c1cc[c]c(OC)c1. The first-order valence-electron chi connectivity index (χ1n) is 4.61. The molecule has 4 nitrogen and oxygen atoms in total. The molecule has 0 aromatic heterocycles. The lowest BCUT2D eigenvalue weighted by Crippen LogP contribution is -2.26. The van der Waals surface area contributed by atoms with Crippen molar-refractivity contribution in [3.05, 3.63) is 29.8 Å². The molecule has 0 aliphatic heterocycles. The van der Waals surface area contributed by atoms with E-state index in [1.807, 2.05) is 0 Å². The minimum absolute atomic E-state index is 0.139. The molecule has 15 heavy (non-hydrogen) atoms. The van der Waals surface area contributed by atoms with E-state index in [-0.39, 0.29) is 5.91 Å². The van der Waals surface area contributed by atoms with Crippen LogP contribution >= 0.6 is 0 Å². The lowest BCUT2D eigenvalue weighted by atomic mass is 10.2. The molecule has 1 aromatic rings. The topological polar surface area (TPSA) is 47.6 Å². The molecule has 81 valence electrons. The average molecular weight is 208 g/mol. The second-order valence-corrected chi connectivity index (χ2v) is 2.89. The van der Waals surface area contributed by atoms with E-state index in [0.29, 0.717) is 24.5 Å². The van der Waals surface area contributed by atoms with E-state index in [4.69, 9.17) is 9.47 Å². The van der Waals surface area contributed by atoms with Crippen LogP contribution in [0.15, 0.2) is 18.2 Å². The van der Waals surface area contributed by atoms with E-state index in [0.717, 1.165) is 0 Å². The Balaban J connectivity index is 2.57. The van der Waals surface area contributed by atoms with Gasteiger partial charge in [0.2, 0.25) is 0 Å². The zero-order valence-corrected chi connectivity index (χ0v) is 8.87. The van der Waals surface area contributed by atoms with E-state index in [9.17, 15) is 4.79 Å². The number of methoxy groups -OCH3 is 2. The molecular formula is C11H14NO3. The van der Waals surface area contributed by atoms with Crippen LogP contribution in [0.5, 0.6) is 5.75 Å². The molecule has 0 saturated carbocycles. The van der Waals surface area contributed by atoms with Gasteiger partial charge in [-0.3, -0.25) is 4.79 Å². The van der Waals surface area contributed by atoms with Gasteiger partial charge in [0, 0.05) is 25.3 Å². The van der Waals surface area contributed by atoms with Crippen molar-refractivity contribution in [2.24, 2.45) is 0 Å². The van der Waals surface area contributed by atoms with Gasteiger partial charge in [0.15, 0.2) is 0 Å². The van der Waals surface area contributed by atoms with Crippen molar-refractivity contribution < 1.29 is 14.3 Å². The molecule has 0 atom stereocenters. The van der Waals surface area contributed by atoms with Gasteiger partial charge in [-0.05, 0) is 18.2 Å². The molecule has 1 N–H and O–H groups in total. The number of amides is 1. The number of hydrogen-bond acceptors (Lipinski definition) is 3. The van der Waals surface area contributed by atoms with Crippen molar-refractivity contribution in [1.29, 1.82) is 0 Å². The van der Waals surface area contributed by atoms with Crippen LogP contribution in [0.1, 0.15) is 10.4 Å². The van der Waals surface area contributed by atoms with Gasteiger partial charge in [-0.2, -0.15) is 0 Å². The molecule has 1 amide bonds. The van der Waals surface area contributed by atoms with Gasteiger partial charge in [-0.25, -0.2) is 0 Å². The first-order valence-corrected chi connectivity index (χ1v) is 4.61. The average Bonchev–Trinajstić information content (AvgIpc) is 2.29. The minimum atomic E-state index is -0.139. The van der Waals surface area contributed by atoms with Gasteiger partial charge in [0.1, 0.15) is 5.75 Å². The summed E-state index contributed by atoms with van der Waals surface area (Å²) < 4.78 is 9.80. The largest absolute Gasteiger partial charge is 0.496 e. The van der Waals surface area contributed by atoms with E-state index in [2.05, 4.69) is 11.4 Å². The van der Waals surface area contributed by atoms with E-state index in [1.165, 1.54) is 0 Å². The second-order valence-electron chi connectivity index (χ2n) is 2.89. The number of ether oxygens (including phenoxy) is 2. The third-order valence-corrected chi connectivity index (χ3v) is 1.85. The van der Waals surface area contributed by atoms with Crippen molar-refractivity contribution in [3.8, 4) is 5.75 Å². The van der Waals surface area contributed by atoms with Crippen LogP contribution in [-0.4, -0.2) is 33.3 Å². The number of carbonyl (C=O) groups excluding carboxylic acids is 1. The summed E-state index contributed by atoms with van der Waals surface area (Å²) in [5.41, 5.74) is 0.557. The predicted octanol–water partition coefficient (Wildman–Crippen LogP) is 0.872. The maximum absolute atomic E-state index is 11.6. The molecule has 0 saturated heterocycles. The second kappa shape index (κ2) is 6.03. The van der Waals surface area contributed by atoms with Crippen molar-refractivity contribution in [3.63, 3.8) is 0 Å². The Morgan fingerprint density at radius 3 is 3.00 bits per heavy atom. The van der Waals surface area contributed by atoms with E-state index in [1.54, 1.807) is 32.4 Å². The highest BCUT2D eigenvalue weighted by atomic mass is 16.5. The van der Waals surface area contributed by atoms with Crippen molar-refractivity contribution >= 4 is 5.91 Å². The smallest absolute Gasteiger partial charge is 0.251 e. The van der Waals surface area contributed by atoms with Gasteiger partial charge in [-0.1, -0.05) is 0 Å². The minimum Gasteiger partial charge on any atom is -0.496 e. The Hall–Kier alpha value is -1.55. The van der Waals surface area contributed by atoms with E-state index >= 15 is 0 Å². The molecule has 0 bridgehead atoms. The van der Waals surface area contributed by atoms with Gasteiger partial charge >= 0.3 is 0 Å². The quantitative estimate of drug-likeness (QED) is 0.730. The summed E-state index contributed by atoms with van der Waals surface area (Å²) in [4.78, 5) is 11.6. The number of hydrogen-bond donors (Lipinski definition) is 1. The zero-order valence-electron chi connectivity index (χ0n) is 8.87. The summed E-state index contributed by atoms with van der Waals surface area (Å²) in [5.74, 6) is 0.411. The molecule has 0 spiro atoms. The Labute approximate surface area is 89.2 Å². The molecule has 0 aliphatic carbocycles. The molecule has 0 heterocycles. The molecule has 1 aromatic carbocycles. The summed E-state index contributed by atoms with van der Waals surface area (Å²) >= 11 is 0. The fourth-order valence-corrected chi connectivity index (χ4v) is 1.07. The van der Waals surface area contributed by atoms with Gasteiger partial charge in [0.05, 0.1) is 13.7 Å². The Kier molecular flexibility index (Phi) is 4.63. The highest BCUT2D eigenvalue weighted by Crippen LogP contribution is 2.11. The normalized spacial score (nSPS) is 9.73. The standard InChI is InChI=1S/C11H14NO3/c1-14-7-6-12-11(13)9-4-3-5-10(8-9)15-2/h3-4,8H,6-7H2,1-2H3,(H,12,13). The van der Waals surface area contributed by atoms with Gasteiger partial charge < -0.3 is 14.8 Å². The van der Waals surface area contributed by atoms with Crippen LogP contribution in [0.25, 0.3) is 0 Å². The molecule has 1 rings (SSSR count). The number of nitrogens with one attached hydrogen (secondary N) is 1. The van der Waals surface area contributed by atoms with E-state index < -0.39 is 0 Å². The Bertz CT molecular complexity index is 325. The fourth-order valence-electron chi connectivity index (χ4n) is 1.07. The third kappa shape index (κ3) is 3.59. The van der Waals surface area contributed by atoms with Gasteiger partial charge in [0.25, 0.3) is 5.91 Å². The van der Waals surface area contributed by atoms with Crippen molar-refractivity contribution in [2.45, 2.75) is 0 Å². The molecule has 0 aliphatic rings. The summed E-state index contributed by atoms with van der Waals surface area (Å²) in [7, 11) is 3.13. The number of carbonyl (C=O) groups is 1. The van der Waals surface area contributed by atoms with Crippen LogP contribution in [0, 0.1) is 6.07 Å². The van der Waals surface area contributed by atoms with Crippen LogP contribution in [0.2, 0.25) is 0 Å². The molecule has 0 fully saturated rings. The summed E-state index contributed by atoms with van der Waals surface area (Å²) in [6.45, 7) is 0.998. The molecule has 0 unspecified atom stereocenters. The molecular weight excluding hydrogens is 194 g/mol. The van der Waals surface area contributed by atoms with Gasteiger partial charge in [-0.15, -0.1) is 0 Å². The predicted molar refractivity (Wildman–Crippen MR) is 56.0 cm³/mol. The van der Waals surface area contributed by atoms with Crippen LogP contribution in [0.3, 0.4) is 0 Å². The summed E-state index contributed by atoms with van der Waals surface area (Å²) in [6, 6.07) is 7.84. The third-order valence-electron chi connectivity index (χ3n) is 1.85. The highest BCUT2D eigenvalue weighted by Gasteiger charge is 2.05. The first kappa shape index (κ1) is 11.5. The van der Waals surface area contributed by atoms with Crippen molar-refractivity contribution in [2.75, 3.05) is 27.4 Å². The van der Waals surface area contributed by atoms with Crippen LogP contribution < -0.4 is 10.1 Å². The lowest BCUT2D eigenvalue weighted by molar-refractivity contribution is 0.0937.